The summed E-state index contributed by atoms with van der Waals surface area (Å²) in [6.45, 7) is 1.52. The van der Waals surface area contributed by atoms with Gasteiger partial charge in [0, 0.05) is 5.56 Å². The minimum absolute atomic E-state index is 0.582. The fourth-order valence-electron chi connectivity index (χ4n) is 1.67. The van der Waals surface area contributed by atoms with Crippen LogP contribution in [0.15, 0.2) is 54.6 Å². The predicted octanol–water partition coefficient (Wildman–Crippen LogP) is 3.21. The van der Waals surface area contributed by atoms with Gasteiger partial charge < -0.3 is 9.84 Å². The molecule has 0 aromatic heterocycles. The number of carbonyl (C=O) groups is 1. The molecule has 18 heavy (non-hydrogen) atoms. The fraction of sp³-hybridized carbons (Fsp3) is 0.133. The fourth-order valence-corrected chi connectivity index (χ4v) is 1.67. The molecular formula is C15H14O3. The standard InChI is InChI=1S/C15H14O3/c1-11(15(16)17)18-14-10-6-5-9-13(14)12-7-3-2-4-8-12/h2-11H,1H3,(H,16,17)/t11-/m0/s1. The Morgan fingerprint density at radius 2 is 1.67 bits per heavy atom. The first kappa shape index (κ1) is 12.2. The Kier molecular flexibility index (Phi) is 3.63. The van der Waals surface area contributed by atoms with Gasteiger partial charge in [0.1, 0.15) is 5.75 Å². The van der Waals surface area contributed by atoms with Crippen LogP contribution in [-0.4, -0.2) is 17.2 Å². The molecule has 2 aromatic carbocycles. The van der Waals surface area contributed by atoms with Gasteiger partial charge in [-0.25, -0.2) is 4.79 Å². The molecule has 0 aliphatic carbocycles. The lowest BCUT2D eigenvalue weighted by atomic mass is 10.0. The van der Waals surface area contributed by atoms with Crippen molar-refractivity contribution in [1.82, 2.24) is 0 Å². The smallest absolute Gasteiger partial charge is 0.344 e. The molecule has 0 saturated heterocycles. The molecule has 0 amide bonds. The van der Waals surface area contributed by atoms with Gasteiger partial charge in [-0.2, -0.15) is 0 Å². The molecule has 2 rings (SSSR count). The number of carboxylic acids is 1. The van der Waals surface area contributed by atoms with Crippen molar-refractivity contribution < 1.29 is 14.6 Å². The van der Waals surface area contributed by atoms with Gasteiger partial charge in [-0.05, 0) is 18.6 Å². The molecule has 0 radical (unpaired) electrons. The molecule has 3 nitrogen and oxygen atoms in total. The summed E-state index contributed by atoms with van der Waals surface area (Å²) >= 11 is 0. The highest BCUT2D eigenvalue weighted by molar-refractivity contribution is 5.74. The maximum Gasteiger partial charge on any atom is 0.344 e. The average Bonchev–Trinajstić information content (AvgIpc) is 2.40. The second kappa shape index (κ2) is 5.36. The van der Waals surface area contributed by atoms with Crippen molar-refractivity contribution in [3.05, 3.63) is 54.6 Å². The van der Waals surface area contributed by atoms with Gasteiger partial charge >= 0.3 is 5.97 Å². The summed E-state index contributed by atoms with van der Waals surface area (Å²) in [6, 6.07) is 17.2. The van der Waals surface area contributed by atoms with Crippen molar-refractivity contribution in [2.45, 2.75) is 13.0 Å². The topological polar surface area (TPSA) is 46.5 Å². The van der Waals surface area contributed by atoms with E-state index in [1.54, 1.807) is 6.07 Å². The number of ether oxygens (including phenoxy) is 1. The van der Waals surface area contributed by atoms with E-state index in [1.165, 1.54) is 6.92 Å². The highest BCUT2D eigenvalue weighted by Gasteiger charge is 2.14. The van der Waals surface area contributed by atoms with Crippen molar-refractivity contribution in [1.29, 1.82) is 0 Å². The zero-order valence-electron chi connectivity index (χ0n) is 10.0. The molecule has 1 atom stereocenters. The van der Waals surface area contributed by atoms with E-state index in [0.29, 0.717) is 5.75 Å². The van der Waals surface area contributed by atoms with Crippen molar-refractivity contribution >= 4 is 5.97 Å². The Hall–Kier alpha value is -2.29. The van der Waals surface area contributed by atoms with E-state index in [0.717, 1.165) is 11.1 Å². The lowest BCUT2D eigenvalue weighted by molar-refractivity contribution is -0.144. The Bertz CT molecular complexity index is 534. The Morgan fingerprint density at radius 1 is 1.06 bits per heavy atom. The summed E-state index contributed by atoms with van der Waals surface area (Å²) in [5.41, 5.74) is 1.90. The maximum absolute atomic E-state index is 10.8. The lowest BCUT2D eigenvalue weighted by Gasteiger charge is -2.14. The molecule has 0 heterocycles. The van der Waals surface area contributed by atoms with Crippen LogP contribution in [0.1, 0.15) is 6.92 Å². The highest BCUT2D eigenvalue weighted by atomic mass is 16.5. The summed E-state index contributed by atoms with van der Waals surface area (Å²) in [4.78, 5) is 10.8. The van der Waals surface area contributed by atoms with Crippen LogP contribution >= 0.6 is 0 Å². The van der Waals surface area contributed by atoms with Gasteiger partial charge in [-0.3, -0.25) is 0 Å². The van der Waals surface area contributed by atoms with Gasteiger partial charge in [0.2, 0.25) is 0 Å². The first-order valence-electron chi connectivity index (χ1n) is 5.72. The van der Waals surface area contributed by atoms with E-state index in [4.69, 9.17) is 9.84 Å². The molecule has 0 bridgehead atoms. The predicted molar refractivity (Wildman–Crippen MR) is 69.6 cm³/mol. The Balaban J connectivity index is 2.35. The molecule has 92 valence electrons. The van der Waals surface area contributed by atoms with Crippen molar-refractivity contribution in [3.63, 3.8) is 0 Å². The summed E-state index contributed by atoms with van der Waals surface area (Å²) in [7, 11) is 0. The molecule has 1 N–H and O–H groups in total. The number of para-hydroxylation sites is 1. The van der Waals surface area contributed by atoms with Crippen molar-refractivity contribution in [2.24, 2.45) is 0 Å². The van der Waals surface area contributed by atoms with Crippen LogP contribution in [0.3, 0.4) is 0 Å². The average molecular weight is 242 g/mol. The van der Waals surface area contributed by atoms with Crippen LogP contribution in [0.5, 0.6) is 5.75 Å². The highest BCUT2D eigenvalue weighted by Crippen LogP contribution is 2.30. The van der Waals surface area contributed by atoms with Crippen molar-refractivity contribution in [3.8, 4) is 16.9 Å². The largest absolute Gasteiger partial charge is 0.479 e. The zero-order chi connectivity index (χ0) is 13.0. The third kappa shape index (κ3) is 2.69. The van der Waals surface area contributed by atoms with E-state index >= 15 is 0 Å². The van der Waals surface area contributed by atoms with E-state index in [-0.39, 0.29) is 0 Å². The molecule has 3 heteroatoms. The molecule has 2 aromatic rings. The monoisotopic (exact) mass is 242 g/mol. The summed E-state index contributed by atoms with van der Waals surface area (Å²) in [5.74, 6) is -0.392. The number of benzene rings is 2. The number of hydrogen-bond acceptors (Lipinski definition) is 2. The number of rotatable bonds is 4. The lowest BCUT2D eigenvalue weighted by Crippen LogP contribution is -2.23. The van der Waals surface area contributed by atoms with Gasteiger partial charge in [-0.1, -0.05) is 48.5 Å². The third-order valence-corrected chi connectivity index (χ3v) is 2.62. The second-order valence-corrected chi connectivity index (χ2v) is 3.96. The van der Waals surface area contributed by atoms with E-state index in [2.05, 4.69) is 0 Å². The molecule has 0 aliphatic rings. The number of carboxylic acid groups (broad SMARTS) is 1. The van der Waals surface area contributed by atoms with E-state index < -0.39 is 12.1 Å². The molecule has 0 unspecified atom stereocenters. The second-order valence-electron chi connectivity index (χ2n) is 3.96. The normalized spacial score (nSPS) is 11.8. The van der Waals surface area contributed by atoms with Crippen LogP contribution in [-0.2, 0) is 4.79 Å². The maximum atomic E-state index is 10.8. The minimum atomic E-state index is -0.974. The molecule has 0 fully saturated rings. The first-order valence-corrected chi connectivity index (χ1v) is 5.72. The number of hydrogen-bond donors (Lipinski definition) is 1. The zero-order valence-corrected chi connectivity index (χ0v) is 10.0. The SMILES string of the molecule is C[C@H](Oc1ccccc1-c1ccccc1)C(=O)O. The van der Waals surface area contributed by atoms with Crippen molar-refractivity contribution in [2.75, 3.05) is 0 Å². The molecule has 0 saturated carbocycles. The van der Waals surface area contributed by atoms with Crippen LogP contribution in [0, 0.1) is 0 Å². The number of aliphatic carboxylic acids is 1. The molecule has 0 spiro atoms. The van der Waals surface area contributed by atoms with Crippen LogP contribution < -0.4 is 4.74 Å². The van der Waals surface area contributed by atoms with Gasteiger partial charge in [0.15, 0.2) is 6.10 Å². The summed E-state index contributed by atoms with van der Waals surface area (Å²) in [5, 5.41) is 8.88. The quantitative estimate of drug-likeness (QED) is 0.895. The Labute approximate surface area is 106 Å². The van der Waals surface area contributed by atoms with E-state index in [9.17, 15) is 4.79 Å². The first-order chi connectivity index (χ1) is 8.68. The van der Waals surface area contributed by atoms with Crippen LogP contribution in [0.25, 0.3) is 11.1 Å². The molecular weight excluding hydrogens is 228 g/mol. The summed E-state index contributed by atoms with van der Waals surface area (Å²) < 4.78 is 5.46. The Morgan fingerprint density at radius 3 is 2.33 bits per heavy atom. The van der Waals surface area contributed by atoms with Crippen LogP contribution in [0.4, 0.5) is 0 Å². The van der Waals surface area contributed by atoms with Gasteiger partial charge in [0.25, 0.3) is 0 Å². The summed E-state index contributed by atoms with van der Waals surface area (Å²) in [6.07, 6.45) is -0.866. The van der Waals surface area contributed by atoms with Crippen LogP contribution in [0.2, 0.25) is 0 Å². The van der Waals surface area contributed by atoms with E-state index in [1.807, 2.05) is 48.5 Å². The minimum Gasteiger partial charge on any atom is -0.479 e. The van der Waals surface area contributed by atoms with Gasteiger partial charge in [0.05, 0.1) is 0 Å². The third-order valence-electron chi connectivity index (χ3n) is 2.62. The molecule has 0 aliphatic heterocycles. The van der Waals surface area contributed by atoms with Gasteiger partial charge in [-0.15, -0.1) is 0 Å².